The van der Waals surface area contributed by atoms with Gasteiger partial charge in [-0.1, -0.05) is 58.4 Å². The van der Waals surface area contributed by atoms with Crippen LogP contribution >= 0.6 is 15.9 Å². The van der Waals surface area contributed by atoms with E-state index in [0.29, 0.717) is 6.54 Å². The highest BCUT2D eigenvalue weighted by molar-refractivity contribution is 9.10. The Kier molecular flexibility index (Phi) is 4.36. The van der Waals surface area contributed by atoms with Crippen molar-refractivity contribution in [2.75, 3.05) is 0 Å². The molecule has 108 valence electrons. The van der Waals surface area contributed by atoms with Gasteiger partial charge in [-0.15, -0.1) is 0 Å². The van der Waals surface area contributed by atoms with Gasteiger partial charge in [-0.05, 0) is 29.2 Å². The van der Waals surface area contributed by atoms with Crippen LogP contribution in [0.15, 0.2) is 53.0 Å². The Balaban J connectivity index is 1.61. The predicted octanol–water partition coefficient (Wildman–Crippen LogP) is 2.78. The van der Waals surface area contributed by atoms with Gasteiger partial charge in [0.2, 0.25) is 5.91 Å². The minimum atomic E-state index is -0.151. The number of rotatable bonds is 3. The lowest BCUT2D eigenvalue weighted by molar-refractivity contribution is -0.123. The fourth-order valence-electron chi connectivity index (χ4n) is 2.59. The molecule has 0 aliphatic carbocycles. The van der Waals surface area contributed by atoms with Gasteiger partial charge in [-0.2, -0.15) is 0 Å². The van der Waals surface area contributed by atoms with Crippen molar-refractivity contribution >= 4 is 21.8 Å². The molecule has 0 saturated carbocycles. The molecule has 1 aliphatic rings. The van der Waals surface area contributed by atoms with E-state index in [1.54, 1.807) is 0 Å². The Morgan fingerprint density at radius 2 is 1.86 bits per heavy atom. The van der Waals surface area contributed by atoms with Crippen LogP contribution in [0.3, 0.4) is 0 Å². The van der Waals surface area contributed by atoms with Crippen molar-refractivity contribution in [3.8, 4) is 0 Å². The molecule has 2 N–H and O–H groups in total. The summed E-state index contributed by atoms with van der Waals surface area (Å²) in [6.45, 7) is 1.30. The summed E-state index contributed by atoms with van der Waals surface area (Å²) in [6, 6.07) is 16.1. The number of amides is 1. The lowest BCUT2D eigenvalue weighted by Gasteiger charge is -2.25. The third kappa shape index (κ3) is 3.34. The smallest absolute Gasteiger partial charge is 0.237 e. The van der Waals surface area contributed by atoms with Crippen molar-refractivity contribution < 1.29 is 4.79 Å². The average molecular weight is 345 g/mol. The first-order valence-corrected chi connectivity index (χ1v) is 7.84. The molecule has 3 rings (SSSR count). The fraction of sp³-hybridized carbons (Fsp3) is 0.235. The van der Waals surface area contributed by atoms with Crippen molar-refractivity contribution in [3.05, 3.63) is 69.7 Å². The number of benzene rings is 2. The Labute approximate surface area is 132 Å². The van der Waals surface area contributed by atoms with Crippen LogP contribution in [-0.4, -0.2) is 11.9 Å². The molecular formula is C17H17BrN2O. The molecule has 1 heterocycles. The molecule has 2 aromatic rings. The second kappa shape index (κ2) is 6.41. The van der Waals surface area contributed by atoms with E-state index in [0.717, 1.165) is 23.0 Å². The number of carbonyl (C=O) groups excluding carboxylic acids is 1. The van der Waals surface area contributed by atoms with E-state index in [1.165, 1.54) is 11.1 Å². The quantitative estimate of drug-likeness (QED) is 0.898. The second-order valence-electron chi connectivity index (χ2n) is 5.22. The van der Waals surface area contributed by atoms with Crippen molar-refractivity contribution in [1.82, 2.24) is 10.6 Å². The van der Waals surface area contributed by atoms with E-state index in [2.05, 4.69) is 38.7 Å². The Morgan fingerprint density at radius 3 is 2.67 bits per heavy atom. The first-order chi connectivity index (χ1) is 10.2. The van der Waals surface area contributed by atoms with E-state index in [9.17, 15) is 4.79 Å². The number of halogens is 1. The van der Waals surface area contributed by atoms with Gasteiger partial charge in [-0.3, -0.25) is 4.79 Å². The summed E-state index contributed by atoms with van der Waals surface area (Å²) in [5, 5.41) is 6.31. The van der Waals surface area contributed by atoms with Crippen LogP contribution in [0.4, 0.5) is 0 Å². The molecule has 0 aromatic heterocycles. The van der Waals surface area contributed by atoms with Crippen LogP contribution in [0.25, 0.3) is 0 Å². The molecule has 0 fully saturated rings. The maximum absolute atomic E-state index is 12.3. The maximum Gasteiger partial charge on any atom is 0.237 e. The molecule has 3 nitrogen and oxygen atoms in total. The molecule has 0 saturated heterocycles. The molecule has 1 aliphatic heterocycles. The molecule has 0 radical (unpaired) electrons. The van der Waals surface area contributed by atoms with Gasteiger partial charge < -0.3 is 10.6 Å². The second-order valence-corrected chi connectivity index (χ2v) is 6.07. The Hall–Kier alpha value is -1.65. The number of hydrogen-bond donors (Lipinski definition) is 2. The zero-order valence-corrected chi connectivity index (χ0v) is 13.2. The summed E-state index contributed by atoms with van der Waals surface area (Å²) >= 11 is 3.50. The van der Waals surface area contributed by atoms with Gasteiger partial charge >= 0.3 is 0 Å². The summed E-state index contributed by atoms with van der Waals surface area (Å²) in [4.78, 5) is 12.3. The van der Waals surface area contributed by atoms with Gasteiger partial charge in [0.1, 0.15) is 0 Å². The summed E-state index contributed by atoms with van der Waals surface area (Å²) in [7, 11) is 0. The van der Waals surface area contributed by atoms with Crippen LogP contribution in [-0.2, 0) is 24.3 Å². The van der Waals surface area contributed by atoms with Gasteiger partial charge in [0, 0.05) is 17.6 Å². The van der Waals surface area contributed by atoms with E-state index < -0.39 is 0 Å². The van der Waals surface area contributed by atoms with E-state index in [4.69, 9.17) is 0 Å². The third-order valence-electron chi connectivity index (χ3n) is 3.81. The minimum absolute atomic E-state index is 0.0558. The van der Waals surface area contributed by atoms with Crippen LogP contribution in [0.5, 0.6) is 0 Å². The normalized spacial score (nSPS) is 17.1. The van der Waals surface area contributed by atoms with Gasteiger partial charge in [0.05, 0.1) is 6.04 Å². The lowest BCUT2D eigenvalue weighted by atomic mass is 9.95. The minimum Gasteiger partial charge on any atom is -0.351 e. The lowest BCUT2D eigenvalue weighted by Crippen LogP contribution is -2.47. The molecule has 0 unspecified atom stereocenters. The monoisotopic (exact) mass is 344 g/mol. The van der Waals surface area contributed by atoms with Crippen LogP contribution < -0.4 is 10.6 Å². The molecule has 2 aromatic carbocycles. The molecule has 0 bridgehead atoms. The number of carbonyl (C=O) groups is 1. The first-order valence-electron chi connectivity index (χ1n) is 7.05. The summed E-state index contributed by atoms with van der Waals surface area (Å²) in [5.74, 6) is 0.0558. The highest BCUT2D eigenvalue weighted by Gasteiger charge is 2.23. The molecule has 1 atom stereocenters. The molecule has 4 heteroatoms. The summed E-state index contributed by atoms with van der Waals surface area (Å²) < 4.78 is 1.02. The van der Waals surface area contributed by atoms with Crippen molar-refractivity contribution in [2.45, 2.75) is 25.6 Å². The Bertz CT molecular complexity index is 657. The number of hydrogen-bond acceptors (Lipinski definition) is 2. The molecule has 1 amide bonds. The van der Waals surface area contributed by atoms with E-state index in [-0.39, 0.29) is 11.9 Å². The topological polar surface area (TPSA) is 41.1 Å². The van der Waals surface area contributed by atoms with Gasteiger partial charge in [-0.25, -0.2) is 0 Å². The highest BCUT2D eigenvalue weighted by Crippen LogP contribution is 2.17. The molecule has 21 heavy (non-hydrogen) atoms. The first kappa shape index (κ1) is 14.3. The van der Waals surface area contributed by atoms with Crippen molar-refractivity contribution in [3.63, 3.8) is 0 Å². The van der Waals surface area contributed by atoms with Crippen LogP contribution in [0, 0.1) is 0 Å². The zero-order chi connectivity index (χ0) is 14.7. The zero-order valence-electron chi connectivity index (χ0n) is 11.6. The van der Waals surface area contributed by atoms with Crippen molar-refractivity contribution in [1.29, 1.82) is 0 Å². The fourth-order valence-corrected chi connectivity index (χ4v) is 3.01. The average Bonchev–Trinajstić information content (AvgIpc) is 2.53. The van der Waals surface area contributed by atoms with E-state index in [1.807, 2.05) is 36.4 Å². The molecule has 0 spiro atoms. The van der Waals surface area contributed by atoms with Gasteiger partial charge in [0.25, 0.3) is 0 Å². The summed E-state index contributed by atoms with van der Waals surface area (Å²) in [6.07, 6.45) is 0.748. The highest BCUT2D eigenvalue weighted by atomic mass is 79.9. The van der Waals surface area contributed by atoms with Crippen molar-refractivity contribution in [2.24, 2.45) is 0 Å². The van der Waals surface area contributed by atoms with E-state index >= 15 is 0 Å². The number of nitrogens with one attached hydrogen (secondary N) is 2. The van der Waals surface area contributed by atoms with Crippen LogP contribution in [0.1, 0.15) is 16.7 Å². The standard InChI is InChI=1S/C17H17BrN2O/c18-15-8-4-3-7-14(15)11-20-17(21)16-9-12-5-1-2-6-13(12)10-19-16/h1-8,16,19H,9-11H2,(H,20,21)/t16-/m1/s1. The predicted molar refractivity (Wildman–Crippen MR) is 86.8 cm³/mol. The SMILES string of the molecule is O=C(NCc1ccccc1Br)[C@H]1Cc2ccccc2CN1. The third-order valence-corrected chi connectivity index (χ3v) is 4.58. The Morgan fingerprint density at radius 1 is 1.14 bits per heavy atom. The van der Waals surface area contributed by atoms with Gasteiger partial charge in [0.15, 0.2) is 0 Å². The van der Waals surface area contributed by atoms with Crippen LogP contribution in [0.2, 0.25) is 0 Å². The molecular weight excluding hydrogens is 328 g/mol. The summed E-state index contributed by atoms with van der Waals surface area (Å²) in [5.41, 5.74) is 3.63. The maximum atomic E-state index is 12.3. The largest absolute Gasteiger partial charge is 0.351 e. The number of fused-ring (bicyclic) bond motifs is 1.